The third kappa shape index (κ3) is 4.59. The second-order valence-electron chi connectivity index (χ2n) is 18.5. The molecule has 6 rings (SSSR count). The van der Waals surface area contributed by atoms with E-state index < -0.39 is 5.60 Å². The number of carbonyl (C=O) groups excluding carboxylic acids is 1. The largest absolute Gasteiger partial charge is 0.342 e. The molecule has 0 radical (unpaired) electrons. The highest BCUT2D eigenvalue weighted by Crippen LogP contribution is 2.75. The summed E-state index contributed by atoms with van der Waals surface area (Å²) in [6, 6.07) is 8.72. The molecule has 0 amide bonds. The summed E-state index contributed by atoms with van der Waals surface area (Å²) in [5.41, 5.74) is 3.64. The van der Waals surface area contributed by atoms with E-state index in [2.05, 4.69) is 113 Å². The first-order valence-electron chi connectivity index (χ1n) is 18.0. The Morgan fingerprint density at radius 1 is 0.955 bits per heavy atom. The van der Waals surface area contributed by atoms with E-state index in [1.54, 1.807) is 0 Å². The predicted molar refractivity (Wildman–Crippen MR) is 180 cm³/mol. The number of rotatable bonds is 5. The van der Waals surface area contributed by atoms with Crippen LogP contribution in [0.4, 0.5) is 0 Å². The second-order valence-corrected chi connectivity index (χ2v) is 18.5. The van der Waals surface area contributed by atoms with Gasteiger partial charge in [-0.3, -0.25) is 4.79 Å². The zero-order valence-electron chi connectivity index (χ0n) is 30.1. The molecule has 1 saturated heterocycles. The average Bonchev–Trinajstić information content (AvgIpc) is 3.39. The maximum Gasteiger partial charge on any atom is 0.185 e. The summed E-state index contributed by atoms with van der Waals surface area (Å²) in [4.78, 5) is 14.1. The molecule has 3 heteroatoms. The van der Waals surface area contributed by atoms with E-state index in [-0.39, 0.29) is 40.0 Å². The Morgan fingerprint density at radius 3 is 2.25 bits per heavy atom. The molecular weight excluding hydrogens is 540 g/mol. The summed E-state index contributed by atoms with van der Waals surface area (Å²) < 4.78 is 14.3. The number of ether oxygens (including phenoxy) is 2. The van der Waals surface area contributed by atoms with E-state index in [1.165, 1.54) is 24.0 Å². The van der Waals surface area contributed by atoms with Crippen molar-refractivity contribution in [2.45, 2.75) is 140 Å². The molecule has 44 heavy (non-hydrogen) atoms. The van der Waals surface area contributed by atoms with Crippen molar-refractivity contribution in [1.29, 1.82) is 0 Å². The Labute approximate surface area is 269 Å². The number of hydrogen-bond acceptors (Lipinski definition) is 3. The van der Waals surface area contributed by atoms with E-state index in [0.29, 0.717) is 41.3 Å². The summed E-state index contributed by atoms with van der Waals surface area (Å²) in [5.74, 6) is 3.79. The van der Waals surface area contributed by atoms with Gasteiger partial charge in [-0.05, 0) is 116 Å². The van der Waals surface area contributed by atoms with E-state index in [1.807, 2.05) is 0 Å². The van der Waals surface area contributed by atoms with Crippen molar-refractivity contribution in [2.24, 2.45) is 63.1 Å². The molecule has 0 N–H and O–H groups in total. The van der Waals surface area contributed by atoms with Gasteiger partial charge in [0.2, 0.25) is 0 Å². The minimum atomic E-state index is -0.415. The number of benzene rings is 1. The van der Waals surface area contributed by atoms with Crippen LogP contribution in [0.2, 0.25) is 0 Å². The van der Waals surface area contributed by atoms with E-state index in [0.717, 1.165) is 31.2 Å². The van der Waals surface area contributed by atoms with Crippen LogP contribution in [0, 0.1) is 70.0 Å². The van der Waals surface area contributed by atoms with Gasteiger partial charge in [0.25, 0.3) is 0 Å². The standard InChI is InChI=1S/C41H62O3/c1-24(2)37(7,8)23-34-41(12,44-36(43-34)29-15-13-25(3)14-16-29)33-17-18-39(10)31-20-32(42)30-19-26(4)27(5)21-38(30,9)35(31)28(6)22-40(33,39)11/h13-16,20,24,26-28,30,33-36H,17-19,21-23H2,1-12H3/t26-,27+,28-,30+,33+,34-,35?,36?,38+,39+,40-,41-/m1/s1. The minimum absolute atomic E-state index is 0.00737. The summed E-state index contributed by atoms with van der Waals surface area (Å²) in [6.45, 7) is 28.9. The lowest BCUT2D eigenvalue weighted by Gasteiger charge is -2.64. The number of allylic oxidation sites excluding steroid dienone is 2. The predicted octanol–water partition coefficient (Wildman–Crippen LogP) is 10.5. The number of ketones is 1. The first-order chi connectivity index (χ1) is 20.4. The molecule has 3 nitrogen and oxygen atoms in total. The topological polar surface area (TPSA) is 35.5 Å². The van der Waals surface area contributed by atoms with Crippen LogP contribution in [0.5, 0.6) is 0 Å². The first kappa shape index (κ1) is 32.5. The smallest absolute Gasteiger partial charge is 0.185 e. The van der Waals surface area contributed by atoms with Crippen LogP contribution in [0.1, 0.15) is 132 Å². The molecule has 4 aliphatic carbocycles. The van der Waals surface area contributed by atoms with Crippen molar-refractivity contribution < 1.29 is 14.3 Å². The number of hydrogen-bond donors (Lipinski definition) is 0. The quantitative estimate of drug-likeness (QED) is 0.336. The molecule has 1 aliphatic heterocycles. The minimum Gasteiger partial charge on any atom is -0.342 e. The number of fused-ring (bicyclic) bond motifs is 5. The van der Waals surface area contributed by atoms with Crippen LogP contribution < -0.4 is 0 Å². The van der Waals surface area contributed by atoms with Gasteiger partial charge in [-0.25, -0.2) is 0 Å². The molecule has 3 saturated carbocycles. The first-order valence-corrected chi connectivity index (χ1v) is 18.0. The van der Waals surface area contributed by atoms with Crippen molar-refractivity contribution in [3.05, 3.63) is 47.0 Å². The molecule has 0 aromatic heterocycles. The Kier molecular flexibility index (Phi) is 7.78. The van der Waals surface area contributed by atoms with E-state index in [9.17, 15) is 4.79 Å². The highest BCUT2D eigenvalue weighted by molar-refractivity contribution is 5.94. The highest BCUT2D eigenvalue weighted by Gasteiger charge is 2.70. The van der Waals surface area contributed by atoms with E-state index in [4.69, 9.17) is 9.47 Å². The fraction of sp³-hybridized carbons (Fsp3) is 0.780. The maximum absolute atomic E-state index is 14.1. The molecule has 1 aromatic carbocycles. The summed E-state index contributed by atoms with van der Waals surface area (Å²) in [6.07, 6.45) is 8.48. The Hall–Kier alpha value is -1.45. The van der Waals surface area contributed by atoms with Gasteiger partial charge < -0.3 is 9.47 Å². The maximum atomic E-state index is 14.1. The zero-order valence-corrected chi connectivity index (χ0v) is 30.1. The SMILES string of the molecule is Cc1ccc(C2O[C@H](CC(C)(C)C(C)C)[C@@](C)([C@H]3CC[C@@]4(C)C5=CC(=O)[C@@H]6C[C@@H](C)[C@@H](C)C[C@]6(C)C5[C@H](C)C[C@]34C)O2)cc1. The Bertz CT molecular complexity index is 1310. The molecule has 1 heterocycles. The molecule has 244 valence electrons. The van der Waals surface area contributed by atoms with Gasteiger partial charge in [-0.2, -0.15) is 0 Å². The molecule has 1 aromatic rings. The zero-order chi connectivity index (χ0) is 32.2. The van der Waals surface area contributed by atoms with Gasteiger partial charge in [0.15, 0.2) is 12.1 Å². The summed E-state index contributed by atoms with van der Waals surface area (Å²) >= 11 is 0. The third-order valence-corrected chi connectivity index (χ3v) is 15.3. The van der Waals surface area contributed by atoms with Gasteiger partial charge in [0.1, 0.15) is 0 Å². The molecule has 4 fully saturated rings. The number of carbonyl (C=O) groups is 1. The Balaban J connectivity index is 1.40. The second kappa shape index (κ2) is 10.5. The Morgan fingerprint density at radius 2 is 1.61 bits per heavy atom. The van der Waals surface area contributed by atoms with Gasteiger partial charge in [-0.1, -0.05) is 105 Å². The fourth-order valence-electron chi connectivity index (χ4n) is 11.6. The monoisotopic (exact) mass is 602 g/mol. The number of aryl methyl sites for hydroxylation is 1. The molecule has 5 aliphatic rings. The van der Waals surface area contributed by atoms with Crippen LogP contribution >= 0.6 is 0 Å². The van der Waals surface area contributed by atoms with Crippen molar-refractivity contribution in [1.82, 2.24) is 0 Å². The molecule has 12 atom stereocenters. The van der Waals surface area contributed by atoms with Gasteiger partial charge >= 0.3 is 0 Å². The van der Waals surface area contributed by atoms with Crippen molar-refractivity contribution in [2.75, 3.05) is 0 Å². The van der Waals surface area contributed by atoms with Crippen LogP contribution in [-0.4, -0.2) is 17.5 Å². The van der Waals surface area contributed by atoms with Crippen LogP contribution in [0.3, 0.4) is 0 Å². The van der Waals surface area contributed by atoms with Gasteiger partial charge in [0, 0.05) is 11.5 Å². The average molecular weight is 603 g/mol. The van der Waals surface area contributed by atoms with Crippen LogP contribution in [0.25, 0.3) is 0 Å². The van der Waals surface area contributed by atoms with E-state index >= 15 is 0 Å². The van der Waals surface area contributed by atoms with Gasteiger partial charge in [0.05, 0.1) is 11.7 Å². The summed E-state index contributed by atoms with van der Waals surface area (Å²) in [7, 11) is 0. The van der Waals surface area contributed by atoms with Crippen molar-refractivity contribution >= 4 is 5.78 Å². The normalized spacial score (nSPS) is 47.3. The summed E-state index contributed by atoms with van der Waals surface area (Å²) in [5, 5.41) is 0. The lowest BCUT2D eigenvalue weighted by Crippen LogP contribution is -2.60. The van der Waals surface area contributed by atoms with Crippen LogP contribution in [0.15, 0.2) is 35.9 Å². The molecule has 0 spiro atoms. The molecule has 0 bridgehead atoms. The fourth-order valence-corrected chi connectivity index (χ4v) is 11.6. The highest BCUT2D eigenvalue weighted by atomic mass is 16.7. The third-order valence-electron chi connectivity index (χ3n) is 15.3. The molecule has 2 unspecified atom stereocenters. The molecular formula is C41H62O3. The van der Waals surface area contributed by atoms with Crippen LogP contribution in [-0.2, 0) is 14.3 Å². The lowest BCUT2D eigenvalue weighted by atomic mass is 9.40. The van der Waals surface area contributed by atoms with Crippen molar-refractivity contribution in [3.8, 4) is 0 Å². The van der Waals surface area contributed by atoms with Crippen molar-refractivity contribution in [3.63, 3.8) is 0 Å². The van der Waals surface area contributed by atoms with Gasteiger partial charge in [-0.15, -0.1) is 0 Å². The lowest BCUT2D eigenvalue weighted by molar-refractivity contribution is -0.151.